The van der Waals surface area contributed by atoms with Crippen molar-refractivity contribution in [1.29, 1.82) is 0 Å². The van der Waals surface area contributed by atoms with Crippen LogP contribution in [-0.2, 0) is 0 Å². The Hall–Kier alpha value is -3.10. The maximum atomic E-state index is 12.1. The second-order valence-corrected chi connectivity index (χ2v) is 4.78. The molecule has 0 bridgehead atoms. The number of benzene rings is 2. The molecule has 0 spiro atoms. The second kappa shape index (κ2) is 6.57. The number of nitrogens with zero attached hydrogens (tertiary/aromatic N) is 1. The summed E-state index contributed by atoms with van der Waals surface area (Å²) >= 11 is 0. The molecule has 0 saturated heterocycles. The van der Waals surface area contributed by atoms with Gasteiger partial charge in [-0.15, -0.1) is 13.2 Å². The van der Waals surface area contributed by atoms with Gasteiger partial charge < -0.3 is 10.1 Å². The van der Waals surface area contributed by atoms with E-state index in [1.165, 1.54) is 18.2 Å². The molecule has 2 aromatic rings. The van der Waals surface area contributed by atoms with Gasteiger partial charge in [-0.1, -0.05) is 6.07 Å². The van der Waals surface area contributed by atoms with Crippen molar-refractivity contribution in [1.82, 2.24) is 0 Å². The third kappa shape index (κ3) is 4.45. The number of amides is 1. The lowest BCUT2D eigenvalue weighted by Crippen LogP contribution is -2.17. The molecule has 9 heteroatoms. The number of hydrogen-bond acceptors (Lipinski definition) is 4. The minimum atomic E-state index is -4.81. The summed E-state index contributed by atoms with van der Waals surface area (Å²) in [5.74, 6) is -1.07. The van der Waals surface area contributed by atoms with Crippen molar-refractivity contribution in [3.63, 3.8) is 0 Å². The molecule has 1 amide bonds. The van der Waals surface area contributed by atoms with Gasteiger partial charge in [0.2, 0.25) is 0 Å². The summed E-state index contributed by atoms with van der Waals surface area (Å²) < 4.78 is 39.9. The van der Waals surface area contributed by atoms with Gasteiger partial charge in [0.25, 0.3) is 11.6 Å². The van der Waals surface area contributed by atoms with E-state index in [0.717, 1.165) is 24.3 Å². The van der Waals surface area contributed by atoms with Crippen LogP contribution in [0.15, 0.2) is 42.5 Å². The number of aryl methyl sites for hydroxylation is 1. The SMILES string of the molecule is Cc1ccc(NC(=O)c2ccc(OC(F)(F)F)cc2)cc1[N+](=O)[O-]. The molecule has 0 radical (unpaired) electrons. The minimum Gasteiger partial charge on any atom is -0.406 e. The van der Waals surface area contributed by atoms with Crippen molar-refractivity contribution in [2.24, 2.45) is 0 Å². The van der Waals surface area contributed by atoms with E-state index >= 15 is 0 Å². The Balaban J connectivity index is 2.13. The zero-order valence-electron chi connectivity index (χ0n) is 12.3. The van der Waals surface area contributed by atoms with Crippen LogP contribution in [0.2, 0.25) is 0 Å². The average Bonchev–Trinajstić information content (AvgIpc) is 2.48. The Labute approximate surface area is 134 Å². The third-order valence-corrected chi connectivity index (χ3v) is 3.01. The molecule has 0 aliphatic rings. The third-order valence-electron chi connectivity index (χ3n) is 3.01. The van der Waals surface area contributed by atoms with Crippen LogP contribution in [0.1, 0.15) is 15.9 Å². The van der Waals surface area contributed by atoms with Crippen LogP contribution in [0.5, 0.6) is 5.75 Å². The first-order valence-electron chi connectivity index (χ1n) is 6.58. The number of alkyl halides is 3. The maximum Gasteiger partial charge on any atom is 0.573 e. The first-order chi connectivity index (χ1) is 11.2. The number of rotatable bonds is 4. The Morgan fingerprint density at radius 3 is 2.33 bits per heavy atom. The lowest BCUT2D eigenvalue weighted by atomic mass is 10.1. The summed E-state index contributed by atoms with van der Waals surface area (Å²) in [6.45, 7) is 1.56. The predicted molar refractivity (Wildman–Crippen MR) is 78.9 cm³/mol. The summed E-state index contributed by atoms with van der Waals surface area (Å²) in [5.41, 5.74) is 0.564. The molecule has 6 nitrogen and oxygen atoms in total. The number of nitro groups is 1. The van der Waals surface area contributed by atoms with E-state index in [9.17, 15) is 28.1 Å². The molecule has 2 aromatic carbocycles. The van der Waals surface area contributed by atoms with E-state index in [-0.39, 0.29) is 16.9 Å². The summed E-state index contributed by atoms with van der Waals surface area (Å²) in [4.78, 5) is 22.3. The van der Waals surface area contributed by atoms with Gasteiger partial charge in [-0.05, 0) is 37.3 Å². The minimum absolute atomic E-state index is 0.0766. The van der Waals surface area contributed by atoms with Crippen LogP contribution in [0.4, 0.5) is 24.5 Å². The van der Waals surface area contributed by atoms with Gasteiger partial charge in [0.1, 0.15) is 5.75 Å². The molecular formula is C15H11F3N2O4. The van der Waals surface area contributed by atoms with Crippen LogP contribution in [-0.4, -0.2) is 17.2 Å². The molecule has 0 saturated carbocycles. The van der Waals surface area contributed by atoms with E-state index in [0.29, 0.717) is 5.56 Å². The van der Waals surface area contributed by atoms with Crippen LogP contribution < -0.4 is 10.1 Å². The molecule has 0 fully saturated rings. The fourth-order valence-electron chi connectivity index (χ4n) is 1.90. The molecule has 0 unspecified atom stereocenters. The van der Waals surface area contributed by atoms with Crippen molar-refractivity contribution in [3.05, 3.63) is 63.7 Å². The topological polar surface area (TPSA) is 81.5 Å². The fourth-order valence-corrected chi connectivity index (χ4v) is 1.90. The normalized spacial score (nSPS) is 11.0. The van der Waals surface area contributed by atoms with Crippen molar-refractivity contribution in [2.45, 2.75) is 13.3 Å². The van der Waals surface area contributed by atoms with Gasteiger partial charge in [-0.2, -0.15) is 0 Å². The number of carbonyl (C=O) groups excluding carboxylic acids is 1. The van der Waals surface area contributed by atoms with E-state index in [4.69, 9.17) is 0 Å². The number of nitro benzene ring substituents is 1. The Kier molecular flexibility index (Phi) is 4.72. The molecule has 1 N–H and O–H groups in total. The van der Waals surface area contributed by atoms with E-state index in [2.05, 4.69) is 10.1 Å². The van der Waals surface area contributed by atoms with Gasteiger partial charge in [-0.3, -0.25) is 14.9 Å². The van der Waals surface area contributed by atoms with Crippen LogP contribution in [0.25, 0.3) is 0 Å². The number of anilines is 1. The number of halogens is 3. The summed E-state index contributed by atoms with van der Waals surface area (Å²) in [5, 5.41) is 13.3. The van der Waals surface area contributed by atoms with Crippen LogP contribution in [0.3, 0.4) is 0 Å². The zero-order chi connectivity index (χ0) is 17.9. The second-order valence-electron chi connectivity index (χ2n) is 4.78. The Morgan fingerprint density at radius 2 is 1.79 bits per heavy atom. The highest BCUT2D eigenvalue weighted by Gasteiger charge is 2.31. The van der Waals surface area contributed by atoms with E-state index in [1.807, 2.05) is 0 Å². The number of nitrogens with one attached hydrogen (secondary N) is 1. The molecule has 0 atom stereocenters. The van der Waals surface area contributed by atoms with Crippen molar-refractivity contribution >= 4 is 17.3 Å². The fraction of sp³-hybridized carbons (Fsp3) is 0.133. The van der Waals surface area contributed by atoms with Gasteiger partial charge in [-0.25, -0.2) is 0 Å². The molecule has 0 heterocycles. The molecule has 2 rings (SSSR count). The molecule has 0 aromatic heterocycles. The molecule has 24 heavy (non-hydrogen) atoms. The van der Waals surface area contributed by atoms with Crippen molar-refractivity contribution in [3.8, 4) is 5.75 Å². The lowest BCUT2D eigenvalue weighted by molar-refractivity contribution is -0.385. The van der Waals surface area contributed by atoms with Gasteiger partial charge in [0.05, 0.1) is 4.92 Å². The highest BCUT2D eigenvalue weighted by molar-refractivity contribution is 6.04. The largest absolute Gasteiger partial charge is 0.573 e. The summed E-state index contributed by atoms with van der Waals surface area (Å²) in [7, 11) is 0. The Bertz CT molecular complexity index is 773. The molecule has 0 aliphatic heterocycles. The molecular weight excluding hydrogens is 329 g/mol. The lowest BCUT2D eigenvalue weighted by Gasteiger charge is -2.09. The van der Waals surface area contributed by atoms with Gasteiger partial charge in [0.15, 0.2) is 0 Å². The smallest absolute Gasteiger partial charge is 0.406 e. The van der Waals surface area contributed by atoms with Gasteiger partial charge >= 0.3 is 6.36 Å². The predicted octanol–water partition coefficient (Wildman–Crippen LogP) is 4.05. The van der Waals surface area contributed by atoms with E-state index in [1.54, 1.807) is 6.92 Å². The number of ether oxygens (including phenoxy) is 1. The molecule has 126 valence electrons. The van der Waals surface area contributed by atoms with Gasteiger partial charge in [0, 0.05) is 22.9 Å². The molecule has 0 aliphatic carbocycles. The standard InChI is InChI=1S/C15H11F3N2O4/c1-9-2-5-11(8-13(9)20(22)23)19-14(21)10-3-6-12(7-4-10)24-15(16,17)18/h2-8H,1H3,(H,19,21). The first kappa shape index (κ1) is 17.3. The van der Waals surface area contributed by atoms with Crippen molar-refractivity contribution in [2.75, 3.05) is 5.32 Å². The number of hydrogen-bond donors (Lipinski definition) is 1. The van der Waals surface area contributed by atoms with Crippen molar-refractivity contribution < 1.29 is 27.6 Å². The summed E-state index contributed by atoms with van der Waals surface area (Å²) in [6, 6.07) is 8.47. The average molecular weight is 340 g/mol. The highest BCUT2D eigenvalue weighted by Crippen LogP contribution is 2.24. The zero-order valence-corrected chi connectivity index (χ0v) is 12.3. The van der Waals surface area contributed by atoms with Crippen LogP contribution >= 0.6 is 0 Å². The van der Waals surface area contributed by atoms with Crippen LogP contribution in [0, 0.1) is 17.0 Å². The Morgan fingerprint density at radius 1 is 1.17 bits per heavy atom. The quantitative estimate of drug-likeness (QED) is 0.672. The number of carbonyl (C=O) groups is 1. The summed E-state index contributed by atoms with van der Waals surface area (Å²) in [6.07, 6.45) is -4.81. The maximum absolute atomic E-state index is 12.1. The first-order valence-corrected chi connectivity index (χ1v) is 6.58. The highest BCUT2D eigenvalue weighted by atomic mass is 19.4. The van der Waals surface area contributed by atoms with E-state index < -0.39 is 22.9 Å². The monoisotopic (exact) mass is 340 g/mol.